The number of hydrogen-bond acceptors (Lipinski definition) is 9. The van der Waals surface area contributed by atoms with Gasteiger partial charge < -0.3 is 23.8 Å². The summed E-state index contributed by atoms with van der Waals surface area (Å²) in [6.45, 7) is 14.4. The molecule has 224 valence electrons. The van der Waals surface area contributed by atoms with E-state index in [-0.39, 0.29) is 12.2 Å². The Morgan fingerprint density at radius 2 is 1.69 bits per heavy atom. The fourth-order valence-corrected chi connectivity index (χ4v) is 6.13. The highest BCUT2D eigenvalue weighted by Crippen LogP contribution is 2.36. The van der Waals surface area contributed by atoms with Crippen molar-refractivity contribution in [3.63, 3.8) is 0 Å². The second-order valence-electron chi connectivity index (χ2n) is 9.47. The smallest absolute Gasteiger partial charge is 0.338 e. The number of carbonyl (C=O) groups excluding carboxylic acids is 1. The van der Waals surface area contributed by atoms with E-state index in [1.54, 1.807) is 31.6 Å². The number of ether oxygens (including phenoxy) is 4. The highest BCUT2D eigenvalue weighted by atomic mass is 32.1. The van der Waals surface area contributed by atoms with E-state index in [1.165, 1.54) is 11.3 Å². The number of allylic oxidation sites excluding steroid dienone is 1. The number of rotatable bonds is 12. The topological polar surface area (TPSA) is 91.6 Å². The Bertz CT molecular complexity index is 1650. The zero-order valence-corrected chi connectivity index (χ0v) is 26.2. The van der Waals surface area contributed by atoms with Crippen LogP contribution in [0.15, 0.2) is 57.5 Å². The van der Waals surface area contributed by atoms with E-state index in [9.17, 15) is 9.59 Å². The lowest BCUT2D eigenvalue weighted by Crippen LogP contribution is -2.40. The maximum Gasteiger partial charge on any atom is 0.338 e. The normalized spacial score (nSPS) is 14.7. The number of fused-ring (bicyclic) bond motifs is 1. The minimum absolute atomic E-state index is 0.198. The molecule has 0 radical (unpaired) electrons. The van der Waals surface area contributed by atoms with Crippen molar-refractivity contribution in [2.75, 3.05) is 44.9 Å². The fourth-order valence-electron chi connectivity index (χ4n) is 5.09. The predicted molar refractivity (Wildman–Crippen MR) is 166 cm³/mol. The lowest BCUT2D eigenvalue weighted by Gasteiger charge is -2.25. The van der Waals surface area contributed by atoms with Crippen LogP contribution < -0.4 is 34.0 Å². The molecular weight excluding hydrogens is 554 g/mol. The second-order valence-corrected chi connectivity index (χ2v) is 10.5. The molecule has 0 spiro atoms. The Morgan fingerprint density at radius 3 is 2.33 bits per heavy atom. The van der Waals surface area contributed by atoms with Gasteiger partial charge in [-0.1, -0.05) is 17.4 Å². The molecule has 10 heteroatoms. The van der Waals surface area contributed by atoms with Crippen molar-refractivity contribution in [2.45, 2.75) is 47.6 Å². The average Bonchev–Trinajstić information content (AvgIpc) is 3.28. The SMILES string of the molecule is CCOC(=O)C1=C(C)N=c2s/c(=C/c3ccc(N(CC)CC)cc3OC)c(=O)n2C1c1ccc(OCC)c(OCC)c1. The molecule has 0 N–H and O–H groups in total. The first kappa shape index (κ1) is 30.9. The van der Waals surface area contributed by atoms with Crippen LogP contribution in [-0.2, 0) is 9.53 Å². The van der Waals surface area contributed by atoms with Crippen LogP contribution in [0.4, 0.5) is 5.69 Å². The molecule has 1 unspecified atom stereocenters. The molecular formula is C32H39N3O6S. The molecule has 0 aliphatic carbocycles. The summed E-state index contributed by atoms with van der Waals surface area (Å²) in [5.74, 6) is 1.28. The third-order valence-corrected chi connectivity index (χ3v) is 8.02. The molecule has 0 saturated heterocycles. The summed E-state index contributed by atoms with van der Waals surface area (Å²) in [4.78, 5) is 34.8. The molecule has 9 nitrogen and oxygen atoms in total. The number of esters is 1. The number of thiazole rings is 1. The summed E-state index contributed by atoms with van der Waals surface area (Å²) in [5, 5.41) is 0. The highest BCUT2D eigenvalue weighted by molar-refractivity contribution is 7.07. The Morgan fingerprint density at radius 1 is 0.976 bits per heavy atom. The minimum atomic E-state index is -0.760. The van der Waals surface area contributed by atoms with Crippen molar-refractivity contribution in [2.24, 2.45) is 4.99 Å². The molecule has 0 bridgehead atoms. The van der Waals surface area contributed by atoms with Crippen molar-refractivity contribution in [1.29, 1.82) is 0 Å². The Balaban J connectivity index is 1.92. The van der Waals surface area contributed by atoms with Gasteiger partial charge in [0.05, 0.1) is 48.8 Å². The summed E-state index contributed by atoms with van der Waals surface area (Å²) in [6, 6.07) is 10.7. The van der Waals surface area contributed by atoms with Gasteiger partial charge in [-0.15, -0.1) is 0 Å². The lowest BCUT2D eigenvalue weighted by molar-refractivity contribution is -0.139. The molecule has 1 aliphatic rings. The number of anilines is 1. The zero-order chi connectivity index (χ0) is 30.4. The standard InChI is InChI=1S/C32H39N3O6S/c1-8-34(9-2)23-15-13-21(25(19-23)38-7)18-27-30(36)35-29(22-14-16-24(39-10-3)26(17-22)40-11-4)28(31(37)41-12-5)20(6)33-32(35)42-27/h13-19,29H,8-12H2,1-7H3/b27-18+. The van der Waals surface area contributed by atoms with E-state index >= 15 is 0 Å². The first-order valence-electron chi connectivity index (χ1n) is 14.3. The molecule has 1 aliphatic heterocycles. The van der Waals surface area contributed by atoms with E-state index in [4.69, 9.17) is 18.9 Å². The monoisotopic (exact) mass is 593 g/mol. The van der Waals surface area contributed by atoms with Crippen molar-refractivity contribution in [3.8, 4) is 17.2 Å². The number of aromatic nitrogens is 1. The van der Waals surface area contributed by atoms with Crippen LogP contribution in [0.25, 0.3) is 6.08 Å². The van der Waals surface area contributed by atoms with Gasteiger partial charge in [0.2, 0.25) is 0 Å². The fraction of sp³-hybridized carbons (Fsp3) is 0.406. The van der Waals surface area contributed by atoms with Gasteiger partial charge in [0.15, 0.2) is 16.3 Å². The maximum atomic E-state index is 14.1. The van der Waals surface area contributed by atoms with E-state index < -0.39 is 12.0 Å². The van der Waals surface area contributed by atoms with Gasteiger partial charge >= 0.3 is 5.97 Å². The van der Waals surface area contributed by atoms with Crippen LogP contribution in [-0.4, -0.2) is 50.6 Å². The van der Waals surface area contributed by atoms with Crippen LogP contribution in [0.2, 0.25) is 0 Å². The van der Waals surface area contributed by atoms with Gasteiger partial charge in [0, 0.05) is 30.4 Å². The maximum absolute atomic E-state index is 14.1. The summed E-state index contributed by atoms with van der Waals surface area (Å²) in [7, 11) is 1.62. The Hall–Kier alpha value is -4.05. The molecule has 4 rings (SSSR count). The Kier molecular flexibility index (Phi) is 10.1. The molecule has 0 amide bonds. The number of benzene rings is 2. The molecule has 2 aromatic carbocycles. The van der Waals surface area contributed by atoms with Crippen molar-refractivity contribution >= 4 is 29.1 Å². The van der Waals surface area contributed by atoms with Crippen molar-refractivity contribution < 1.29 is 23.7 Å². The summed E-state index contributed by atoms with van der Waals surface area (Å²) in [5.41, 5.74) is 3.05. The predicted octanol–water partition coefficient (Wildman–Crippen LogP) is 4.45. The van der Waals surface area contributed by atoms with Crippen LogP contribution in [0.5, 0.6) is 17.2 Å². The number of carbonyl (C=O) groups is 1. The highest BCUT2D eigenvalue weighted by Gasteiger charge is 2.34. The second kappa shape index (κ2) is 13.7. The molecule has 1 atom stereocenters. The lowest BCUT2D eigenvalue weighted by atomic mass is 9.95. The van der Waals surface area contributed by atoms with Crippen LogP contribution in [0.1, 0.15) is 58.7 Å². The third kappa shape index (κ3) is 6.09. The van der Waals surface area contributed by atoms with Gasteiger partial charge in [0.25, 0.3) is 5.56 Å². The molecule has 1 aromatic heterocycles. The van der Waals surface area contributed by atoms with E-state index in [1.807, 2.05) is 50.3 Å². The van der Waals surface area contributed by atoms with Gasteiger partial charge in [-0.25, -0.2) is 9.79 Å². The largest absolute Gasteiger partial charge is 0.496 e. The minimum Gasteiger partial charge on any atom is -0.496 e. The molecule has 2 heterocycles. The van der Waals surface area contributed by atoms with Crippen LogP contribution >= 0.6 is 11.3 Å². The van der Waals surface area contributed by atoms with Gasteiger partial charge in [-0.3, -0.25) is 9.36 Å². The van der Waals surface area contributed by atoms with Crippen LogP contribution in [0.3, 0.4) is 0 Å². The first-order valence-corrected chi connectivity index (χ1v) is 15.1. The average molecular weight is 594 g/mol. The molecule has 3 aromatic rings. The van der Waals surface area contributed by atoms with E-state index in [0.29, 0.717) is 56.6 Å². The van der Waals surface area contributed by atoms with Gasteiger partial charge in [-0.05, 0) is 77.4 Å². The van der Waals surface area contributed by atoms with Crippen molar-refractivity contribution in [1.82, 2.24) is 4.57 Å². The zero-order valence-electron chi connectivity index (χ0n) is 25.4. The van der Waals surface area contributed by atoms with Gasteiger partial charge in [-0.2, -0.15) is 0 Å². The summed E-state index contributed by atoms with van der Waals surface area (Å²) < 4.78 is 24.8. The van der Waals surface area contributed by atoms with E-state index in [0.717, 1.165) is 24.3 Å². The van der Waals surface area contributed by atoms with Gasteiger partial charge in [0.1, 0.15) is 5.75 Å². The van der Waals surface area contributed by atoms with Crippen molar-refractivity contribution in [3.05, 3.63) is 78.5 Å². The molecule has 0 saturated carbocycles. The Labute approximate surface area is 250 Å². The number of nitrogens with zero attached hydrogens (tertiary/aromatic N) is 3. The van der Waals surface area contributed by atoms with E-state index in [2.05, 4.69) is 23.7 Å². The first-order chi connectivity index (χ1) is 20.3. The molecule has 0 fully saturated rings. The molecule has 42 heavy (non-hydrogen) atoms. The number of hydrogen-bond donors (Lipinski definition) is 0. The number of methoxy groups -OCH3 is 1. The summed E-state index contributed by atoms with van der Waals surface area (Å²) >= 11 is 1.27. The quantitative estimate of drug-likeness (QED) is 0.287. The summed E-state index contributed by atoms with van der Waals surface area (Å²) in [6.07, 6.45) is 1.82. The van der Waals surface area contributed by atoms with Crippen LogP contribution in [0, 0.1) is 0 Å². The third-order valence-electron chi connectivity index (χ3n) is 7.03.